The average molecular weight is 261 g/mol. The summed E-state index contributed by atoms with van der Waals surface area (Å²) in [6.45, 7) is 0. The molecule has 0 atom stereocenters. The summed E-state index contributed by atoms with van der Waals surface area (Å²) < 4.78 is 1.65. The summed E-state index contributed by atoms with van der Waals surface area (Å²) >= 11 is 1.76. The van der Waals surface area contributed by atoms with Gasteiger partial charge in [0.15, 0.2) is 5.82 Å². The monoisotopic (exact) mass is 261 g/mol. The van der Waals surface area contributed by atoms with E-state index in [-0.39, 0.29) is 5.91 Å². The van der Waals surface area contributed by atoms with Crippen LogP contribution in [0.15, 0.2) is 36.5 Å². The van der Waals surface area contributed by atoms with Gasteiger partial charge in [0.05, 0.1) is 0 Å². The molecule has 0 saturated carbocycles. The molecule has 0 aliphatic heterocycles. The van der Waals surface area contributed by atoms with Gasteiger partial charge in [-0.15, -0.1) is 0 Å². The molecule has 2 rings (SSSR count). The minimum absolute atomic E-state index is 0.135. The highest BCUT2D eigenvalue weighted by atomic mass is 32.2. The quantitative estimate of drug-likeness (QED) is 0.920. The Morgan fingerprint density at radius 3 is 2.61 bits per heavy atom. The van der Waals surface area contributed by atoms with Crippen molar-refractivity contribution in [3.05, 3.63) is 47.7 Å². The lowest BCUT2D eigenvalue weighted by molar-refractivity contribution is 0.102. The Hall–Kier alpha value is -1.75. The lowest BCUT2D eigenvalue weighted by atomic mass is 10.1. The molecular weight excluding hydrogens is 246 g/mol. The predicted octanol–water partition coefficient (Wildman–Crippen LogP) is 2.54. The number of carbonyl (C=O) groups excluding carboxylic acids is 1. The van der Waals surface area contributed by atoms with E-state index < -0.39 is 0 Å². The van der Waals surface area contributed by atoms with Crippen LogP contribution in [0.5, 0.6) is 0 Å². The molecule has 0 radical (unpaired) electrons. The third-order valence-electron chi connectivity index (χ3n) is 2.48. The zero-order chi connectivity index (χ0) is 13.0. The molecule has 18 heavy (non-hydrogen) atoms. The third kappa shape index (κ3) is 3.13. The topological polar surface area (TPSA) is 46.9 Å². The zero-order valence-corrected chi connectivity index (χ0v) is 11.2. The van der Waals surface area contributed by atoms with E-state index in [2.05, 4.69) is 16.7 Å². The van der Waals surface area contributed by atoms with Gasteiger partial charge in [0.25, 0.3) is 5.91 Å². The number of carbonyl (C=O) groups is 1. The number of benzene rings is 1. The molecule has 1 N–H and O–H groups in total. The van der Waals surface area contributed by atoms with Crippen LogP contribution in [0.2, 0.25) is 0 Å². The minimum Gasteiger partial charge on any atom is -0.305 e. The number of nitrogens with one attached hydrogen (secondary N) is 1. The standard InChI is InChI=1S/C13H15N3OS/c1-16-8-7-12(15-16)14-13(17)11-5-3-10(4-6-11)9-18-2/h3-8H,9H2,1-2H3,(H,14,15,17). The van der Waals surface area contributed by atoms with Gasteiger partial charge in [-0.25, -0.2) is 0 Å². The molecule has 1 heterocycles. The number of nitrogens with zero attached hydrogens (tertiary/aromatic N) is 2. The number of aryl methyl sites for hydroxylation is 1. The molecular formula is C13H15N3OS. The highest BCUT2D eigenvalue weighted by Crippen LogP contribution is 2.12. The SMILES string of the molecule is CSCc1ccc(C(=O)Nc2ccn(C)n2)cc1. The van der Waals surface area contributed by atoms with E-state index in [1.165, 1.54) is 5.56 Å². The Balaban J connectivity index is 2.04. The van der Waals surface area contributed by atoms with E-state index in [9.17, 15) is 4.79 Å². The highest BCUT2D eigenvalue weighted by molar-refractivity contribution is 7.97. The van der Waals surface area contributed by atoms with Gasteiger partial charge in [0, 0.05) is 30.6 Å². The first-order chi connectivity index (χ1) is 8.69. The molecule has 1 amide bonds. The fourth-order valence-corrected chi connectivity index (χ4v) is 2.12. The fourth-order valence-electron chi connectivity index (χ4n) is 1.59. The number of rotatable bonds is 4. The van der Waals surface area contributed by atoms with Crippen molar-refractivity contribution in [2.24, 2.45) is 7.05 Å². The number of amides is 1. The van der Waals surface area contributed by atoms with Crippen molar-refractivity contribution in [3.63, 3.8) is 0 Å². The Bertz CT molecular complexity index is 533. The number of anilines is 1. The number of thioether (sulfide) groups is 1. The Kier molecular flexibility index (Phi) is 4.04. The number of hydrogen-bond donors (Lipinski definition) is 1. The molecule has 0 unspecified atom stereocenters. The highest BCUT2D eigenvalue weighted by Gasteiger charge is 2.07. The second-order valence-corrected chi connectivity index (χ2v) is 4.82. The second-order valence-electron chi connectivity index (χ2n) is 3.96. The van der Waals surface area contributed by atoms with Crippen LogP contribution in [0, 0.1) is 0 Å². The molecule has 2 aromatic rings. The van der Waals surface area contributed by atoms with Crippen LogP contribution in [-0.4, -0.2) is 21.9 Å². The zero-order valence-electron chi connectivity index (χ0n) is 10.4. The first-order valence-electron chi connectivity index (χ1n) is 5.58. The third-order valence-corrected chi connectivity index (χ3v) is 3.10. The van der Waals surface area contributed by atoms with Crippen molar-refractivity contribution >= 4 is 23.5 Å². The van der Waals surface area contributed by atoms with Gasteiger partial charge in [-0.05, 0) is 24.0 Å². The van der Waals surface area contributed by atoms with Crippen LogP contribution in [0.3, 0.4) is 0 Å². The van der Waals surface area contributed by atoms with Crippen LogP contribution in [-0.2, 0) is 12.8 Å². The summed E-state index contributed by atoms with van der Waals surface area (Å²) in [5.41, 5.74) is 1.86. The molecule has 5 heteroatoms. The fraction of sp³-hybridized carbons (Fsp3) is 0.231. The second kappa shape index (κ2) is 5.73. The maximum atomic E-state index is 11.9. The van der Waals surface area contributed by atoms with E-state index in [4.69, 9.17) is 0 Å². The van der Waals surface area contributed by atoms with Crippen LogP contribution < -0.4 is 5.32 Å². The van der Waals surface area contributed by atoms with E-state index in [1.54, 1.807) is 28.7 Å². The summed E-state index contributed by atoms with van der Waals surface area (Å²) in [4.78, 5) is 11.9. The van der Waals surface area contributed by atoms with Gasteiger partial charge in [0.1, 0.15) is 0 Å². The van der Waals surface area contributed by atoms with Crippen molar-refractivity contribution in [2.45, 2.75) is 5.75 Å². The molecule has 1 aromatic heterocycles. The summed E-state index contributed by atoms with van der Waals surface area (Å²) in [5, 5.41) is 6.86. The number of aromatic nitrogens is 2. The molecule has 1 aromatic carbocycles. The molecule has 0 bridgehead atoms. The van der Waals surface area contributed by atoms with Crippen LogP contribution in [0.1, 0.15) is 15.9 Å². The van der Waals surface area contributed by atoms with Crippen molar-refractivity contribution < 1.29 is 4.79 Å². The lowest BCUT2D eigenvalue weighted by Crippen LogP contribution is -2.12. The lowest BCUT2D eigenvalue weighted by Gasteiger charge is -2.03. The predicted molar refractivity (Wildman–Crippen MR) is 74.8 cm³/mol. The first-order valence-corrected chi connectivity index (χ1v) is 6.97. The normalized spacial score (nSPS) is 10.3. The summed E-state index contributed by atoms with van der Waals surface area (Å²) in [6, 6.07) is 9.39. The van der Waals surface area contributed by atoms with E-state index in [0.717, 1.165) is 5.75 Å². The molecule has 0 fully saturated rings. The minimum atomic E-state index is -0.135. The largest absolute Gasteiger partial charge is 0.305 e. The summed E-state index contributed by atoms with van der Waals surface area (Å²) in [7, 11) is 1.81. The van der Waals surface area contributed by atoms with E-state index in [1.807, 2.05) is 31.3 Å². The van der Waals surface area contributed by atoms with Crippen LogP contribution in [0.4, 0.5) is 5.82 Å². The van der Waals surface area contributed by atoms with Crippen LogP contribution >= 0.6 is 11.8 Å². The van der Waals surface area contributed by atoms with Crippen molar-refractivity contribution in [1.29, 1.82) is 0 Å². The van der Waals surface area contributed by atoms with Gasteiger partial charge in [-0.3, -0.25) is 9.48 Å². The smallest absolute Gasteiger partial charge is 0.256 e. The summed E-state index contributed by atoms with van der Waals surface area (Å²) in [5.74, 6) is 1.39. The van der Waals surface area contributed by atoms with Gasteiger partial charge in [-0.1, -0.05) is 12.1 Å². The maximum Gasteiger partial charge on any atom is 0.256 e. The molecule has 0 aliphatic rings. The van der Waals surface area contributed by atoms with E-state index >= 15 is 0 Å². The van der Waals surface area contributed by atoms with Crippen molar-refractivity contribution in [2.75, 3.05) is 11.6 Å². The van der Waals surface area contributed by atoms with Gasteiger partial charge in [-0.2, -0.15) is 16.9 Å². The molecule has 4 nitrogen and oxygen atoms in total. The average Bonchev–Trinajstić information content (AvgIpc) is 2.76. The Morgan fingerprint density at radius 2 is 2.06 bits per heavy atom. The molecule has 0 spiro atoms. The van der Waals surface area contributed by atoms with Crippen LogP contribution in [0.25, 0.3) is 0 Å². The molecule has 94 valence electrons. The maximum absolute atomic E-state index is 11.9. The first kappa shape index (κ1) is 12.7. The number of hydrogen-bond acceptors (Lipinski definition) is 3. The van der Waals surface area contributed by atoms with Gasteiger partial charge >= 0.3 is 0 Å². The molecule has 0 saturated heterocycles. The summed E-state index contributed by atoms with van der Waals surface area (Å²) in [6.07, 6.45) is 3.85. The Labute approximate surface area is 110 Å². The van der Waals surface area contributed by atoms with Gasteiger partial charge < -0.3 is 5.32 Å². The Morgan fingerprint density at radius 1 is 1.33 bits per heavy atom. The van der Waals surface area contributed by atoms with Gasteiger partial charge in [0.2, 0.25) is 0 Å². The van der Waals surface area contributed by atoms with Crippen molar-refractivity contribution in [3.8, 4) is 0 Å². The van der Waals surface area contributed by atoms with E-state index in [0.29, 0.717) is 11.4 Å². The molecule has 0 aliphatic carbocycles. The van der Waals surface area contributed by atoms with Crippen molar-refractivity contribution in [1.82, 2.24) is 9.78 Å².